The van der Waals surface area contributed by atoms with E-state index in [0.717, 1.165) is 11.4 Å². The van der Waals surface area contributed by atoms with Gasteiger partial charge in [0, 0.05) is 19.7 Å². The predicted molar refractivity (Wildman–Crippen MR) is 54.1 cm³/mol. The van der Waals surface area contributed by atoms with Crippen LogP contribution in [0.5, 0.6) is 0 Å². The highest BCUT2D eigenvalue weighted by molar-refractivity contribution is 5.80. The van der Waals surface area contributed by atoms with Crippen LogP contribution in [0.15, 0.2) is 18.0 Å². The minimum absolute atomic E-state index is 0.527. The van der Waals surface area contributed by atoms with Crippen LogP contribution in [-0.2, 0) is 18.4 Å². The number of carbonyl (C=O) groups is 1. The van der Waals surface area contributed by atoms with Gasteiger partial charge in [0.2, 0.25) is 0 Å². The maximum atomic E-state index is 10.3. The van der Waals surface area contributed by atoms with E-state index < -0.39 is 5.97 Å². The molecule has 0 unspecified atom stereocenters. The molecule has 1 aromatic heterocycles. The van der Waals surface area contributed by atoms with Crippen LogP contribution in [0.4, 0.5) is 0 Å². The van der Waals surface area contributed by atoms with Crippen molar-refractivity contribution in [3.63, 3.8) is 0 Å². The lowest BCUT2D eigenvalue weighted by Crippen LogP contribution is -2.18. The molecule has 0 aromatic carbocycles. The Balaban J connectivity index is 2.34. The lowest BCUT2D eigenvalue weighted by Gasteiger charge is -2.03. The first kappa shape index (κ1) is 11.4. The number of nitrogens with one attached hydrogen (secondary N) is 1. The van der Waals surface area contributed by atoms with E-state index in [9.17, 15) is 4.79 Å². The van der Waals surface area contributed by atoms with E-state index in [1.165, 1.54) is 6.08 Å². The fourth-order valence-electron chi connectivity index (χ4n) is 1.10. The number of carboxylic acids is 1. The average Bonchev–Trinajstić information content (AvgIpc) is 2.50. The molecule has 1 rings (SSSR count). The smallest absolute Gasteiger partial charge is 0.328 e. The molecule has 0 spiro atoms. The number of nitrogens with zero attached hydrogens (tertiary/aromatic N) is 3. The van der Waals surface area contributed by atoms with Gasteiger partial charge >= 0.3 is 5.97 Å². The molecule has 0 aliphatic carbocycles. The van der Waals surface area contributed by atoms with Crippen molar-refractivity contribution in [2.75, 3.05) is 6.54 Å². The highest BCUT2D eigenvalue weighted by Gasteiger charge is 1.99. The van der Waals surface area contributed by atoms with E-state index in [0.29, 0.717) is 13.1 Å². The molecule has 6 nitrogen and oxygen atoms in total. The number of carboxylic acid groups (broad SMARTS) is 1. The summed E-state index contributed by atoms with van der Waals surface area (Å²) in [6.45, 7) is 2.86. The lowest BCUT2D eigenvalue weighted by atomic mass is 10.3. The first-order valence-corrected chi connectivity index (χ1v) is 4.53. The second kappa shape index (κ2) is 5.26. The number of hydrogen-bond donors (Lipinski definition) is 2. The number of hydrogen-bond acceptors (Lipinski definition) is 4. The normalized spacial score (nSPS) is 11.7. The lowest BCUT2D eigenvalue weighted by molar-refractivity contribution is -0.131. The molecular weight excluding hydrogens is 196 g/mol. The highest BCUT2D eigenvalue weighted by Crippen LogP contribution is 1.93. The third-order valence-electron chi connectivity index (χ3n) is 1.86. The Morgan fingerprint density at radius 3 is 3.00 bits per heavy atom. The molecule has 0 bridgehead atoms. The Labute approximate surface area is 87.6 Å². The molecule has 6 heteroatoms. The van der Waals surface area contributed by atoms with Crippen molar-refractivity contribution >= 4 is 5.97 Å². The molecule has 0 saturated heterocycles. The zero-order chi connectivity index (χ0) is 11.3. The highest BCUT2D eigenvalue weighted by atomic mass is 16.4. The monoisotopic (exact) mass is 210 g/mol. The van der Waals surface area contributed by atoms with E-state index in [-0.39, 0.29) is 0 Å². The summed E-state index contributed by atoms with van der Waals surface area (Å²) < 4.78 is 1.81. The molecule has 15 heavy (non-hydrogen) atoms. The zero-order valence-corrected chi connectivity index (χ0v) is 8.77. The summed E-state index contributed by atoms with van der Waals surface area (Å²) in [4.78, 5) is 10.3. The van der Waals surface area contributed by atoms with E-state index in [1.807, 2.05) is 11.6 Å². The van der Waals surface area contributed by atoms with Crippen LogP contribution in [0, 0.1) is 0 Å². The first-order valence-electron chi connectivity index (χ1n) is 4.53. The van der Waals surface area contributed by atoms with Gasteiger partial charge in [-0.3, -0.25) is 0 Å². The van der Waals surface area contributed by atoms with Gasteiger partial charge in [-0.1, -0.05) is 5.57 Å². The van der Waals surface area contributed by atoms with Crippen molar-refractivity contribution in [1.29, 1.82) is 0 Å². The molecule has 82 valence electrons. The Kier molecular flexibility index (Phi) is 3.99. The van der Waals surface area contributed by atoms with Gasteiger partial charge < -0.3 is 15.0 Å². The second-order valence-corrected chi connectivity index (χ2v) is 3.29. The van der Waals surface area contributed by atoms with Crippen LogP contribution in [0.1, 0.15) is 12.7 Å². The zero-order valence-electron chi connectivity index (χ0n) is 8.77. The second-order valence-electron chi connectivity index (χ2n) is 3.29. The van der Waals surface area contributed by atoms with Crippen LogP contribution >= 0.6 is 0 Å². The number of aromatic nitrogens is 3. The summed E-state index contributed by atoms with van der Waals surface area (Å²) in [7, 11) is 1.86. The third kappa shape index (κ3) is 3.90. The standard InChI is InChI=1S/C9H14N4O2/c1-7(3-9(14)15)4-10-5-8-12-11-6-13(8)2/h3,6,10H,4-5H2,1-2H3,(H,14,15). The third-order valence-corrected chi connectivity index (χ3v) is 1.86. The Morgan fingerprint density at radius 1 is 1.73 bits per heavy atom. The minimum atomic E-state index is -0.923. The quantitative estimate of drug-likeness (QED) is 0.665. The number of aryl methyl sites for hydroxylation is 1. The van der Waals surface area contributed by atoms with Crippen molar-refractivity contribution in [3.8, 4) is 0 Å². The molecule has 0 fully saturated rings. The number of aliphatic carboxylic acids is 1. The molecule has 0 saturated carbocycles. The molecule has 2 N–H and O–H groups in total. The van der Waals surface area contributed by atoms with Gasteiger partial charge in [0.05, 0.1) is 6.54 Å². The number of rotatable bonds is 5. The molecular formula is C9H14N4O2. The minimum Gasteiger partial charge on any atom is -0.478 e. The van der Waals surface area contributed by atoms with Crippen LogP contribution in [0.2, 0.25) is 0 Å². The molecule has 0 atom stereocenters. The fourth-order valence-corrected chi connectivity index (χ4v) is 1.10. The Morgan fingerprint density at radius 2 is 2.47 bits per heavy atom. The molecule has 0 aliphatic rings. The molecule has 1 heterocycles. The van der Waals surface area contributed by atoms with Crippen LogP contribution in [0.3, 0.4) is 0 Å². The Bertz CT molecular complexity index is 370. The molecule has 0 amide bonds. The van der Waals surface area contributed by atoms with Crippen LogP contribution < -0.4 is 5.32 Å². The maximum absolute atomic E-state index is 10.3. The summed E-state index contributed by atoms with van der Waals surface area (Å²) in [6, 6.07) is 0. The van der Waals surface area contributed by atoms with Crippen LogP contribution in [-0.4, -0.2) is 32.4 Å². The summed E-state index contributed by atoms with van der Waals surface area (Å²) in [5, 5.41) is 19.2. The van der Waals surface area contributed by atoms with E-state index in [2.05, 4.69) is 15.5 Å². The maximum Gasteiger partial charge on any atom is 0.328 e. The fraction of sp³-hybridized carbons (Fsp3) is 0.444. The van der Waals surface area contributed by atoms with Gasteiger partial charge in [-0.05, 0) is 6.92 Å². The van der Waals surface area contributed by atoms with Crippen molar-refractivity contribution in [3.05, 3.63) is 23.8 Å². The summed E-state index contributed by atoms with van der Waals surface area (Å²) in [6.07, 6.45) is 2.81. The van der Waals surface area contributed by atoms with Crippen molar-refractivity contribution < 1.29 is 9.90 Å². The summed E-state index contributed by atoms with van der Waals surface area (Å²) >= 11 is 0. The Hall–Kier alpha value is -1.69. The SMILES string of the molecule is CC(=CC(=O)O)CNCc1nncn1C. The van der Waals surface area contributed by atoms with Crippen molar-refractivity contribution in [2.24, 2.45) is 7.05 Å². The molecule has 0 radical (unpaired) electrons. The largest absolute Gasteiger partial charge is 0.478 e. The topological polar surface area (TPSA) is 80.0 Å². The summed E-state index contributed by atoms with van der Waals surface area (Å²) in [5.41, 5.74) is 0.768. The van der Waals surface area contributed by atoms with Crippen LogP contribution in [0.25, 0.3) is 0 Å². The first-order chi connectivity index (χ1) is 7.09. The van der Waals surface area contributed by atoms with Gasteiger partial charge in [0.25, 0.3) is 0 Å². The average molecular weight is 210 g/mol. The van der Waals surface area contributed by atoms with E-state index >= 15 is 0 Å². The van der Waals surface area contributed by atoms with Crippen molar-refractivity contribution in [1.82, 2.24) is 20.1 Å². The van der Waals surface area contributed by atoms with Gasteiger partial charge in [-0.2, -0.15) is 0 Å². The van der Waals surface area contributed by atoms with Gasteiger partial charge in [-0.15, -0.1) is 10.2 Å². The van der Waals surface area contributed by atoms with Gasteiger partial charge in [0.15, 0.2) is 0 Å². The van der Waals surface area contributed by atoms with E-state index in [1.54, 1.807) is 13.3 Å². The van der Waals surface area contributed by atoms with E-state index in [4.69, 9.17) is 5.11 Å². The van der Waals surface area contributed by atoms with Gasteiger partial charge in [-0.25, -0.2) is 4.79 Å². The summed E-state index contributed by atoms with van der Waals surface area (Å²) in [5.74, 6) is -0.105. The molecule has 0 aliphatic heterocycles. The molecule has 1 aromatic rings. The van der Waals surface area contributed by atoms with Crippen molar-refractivity contribution in [2.45, 2.75) is 13.5 Å². The predicted octanol–water partition coefficient (Wildman–Crippen LogP) is -0.0644. The van der Waals surface area contributed by atoms with Gasteiger partial charge in [0.1, 0.15) is 12.2 Å².